The minimum absolute atomic E-state index is 0.121. The summed E-state index contributed by atoms with van der Waals surface area (Å²) in [5, 5.41) is 2.65. The van der Waals surface area contributed by atoms with Gasteiger partial charge >= 0.3 is 0 Å². The van der Waals surface area contributed by atoms with Crippen LogP contribution in [0.3, 0.4) is 0 Å². The van der Waals surface area contributed by atoms with Gasteiger partial charge < -0.3 is 16.0 Å². The largest absolute Gasteiger partial charge is 0.325 e. The Kier molecular flexibility index (Phi) is 6.09. The van der Waals surface area contributed by atoms with Crippen molar-refractivity contribution in [1.82, 2.24) is 5.32 Å². The Hall–Kier alpha value is -3.84. The third kappa shape index (κ3) is 4.43. The molecule has 1 aliphatic rings. The van der Waals surface area contributed by atoms with Crippen LogP contribution in [0.25, 0.3) is 0 Å². The fourth-order valence-electron chi connectivity index (χ4n) is 3.60. The number of anilines is 1. The Bertz CT molecular complexity index is 1180. The van der Waals surface area contributed by atoms with Crippen molar-refractivity contribution < 1.29 is 14.0 Å². The summed E-state index contributed by atoms with van der Waals surface area (Å²) in [5.74, 6) is -1.31. The van der Waals surface area contributed by atoms with Crippen molar-refractivity contribution in [3.63, 3.8) is 0 Å². The van der Waals surface area contributed by atoms with Crippen molar-refractivity contribution in [2.45, 2.75) is 25.7 Å². The first kappa shape index (κ1) is 21.4. The van der Waals surface area contributed by atoms with Crippen molar-refractivity contribution in [2.75, 3.05) is 4.90 Å². The number of aliphatic imine (C=N–C) groups is 1. The molecule has 3 aromatic carbocycles. The summed E-state index contributed by atoms with van der Waals surface area (Å²) in [6.07, 6.45) is -1.18. The lowest BCUT2D eigenvalue weighted by atomic mass is 10.00. The van der Waals surface area contributed by atoms with Crippen LogP contribution in [0.15, 0.2) is 83.9 Å². The van der Waals surface area contributed by atoms with E-state index in [0.29, 0.717) is 17.0 Å². The summed E-state index contributed by atoms with van der Waals surface area (Å²) in [6, 6.07) is 22.1. The lowest BCUT2D eigenvalue weighted by molar-refractivity contribution is -0.128. The predicted octanol–water partition coefficient (Wildman–Crippen LogP) is 3.00. The van der Waals surface area contributed by atoms with Gasteiger partial charge in [-0.25, -0.2) is 9.38 Å². The van der Waals surface area contributed by atoms with Crippen LogP contribution in [0.1, 0.15) is 23.6 Å². The Morgan fingerprint density at radius 3 is 2.53 bits per heavy atom. The molecule has 0 aromatic heterocycles. The molecular formula is C25H23FN4O2. The third-order valence-electron chi connectivity index (χ3n) is 5.18. The highest BCUT2D eigenvalue weighted by atomic mass is 19.1. The molecule has 0 fully saturated rings. The van der Waals surface area contributed by atoms with Gasteiger partial charge in [0.05, 0.1) is 24.0 Å². The van der Waals surface area contributed by atoms with E-state index < -0.39 is 24.0 Å². The topological polar surface area (TPSA) is 87.8 Å². The second-order valence-electron chi connectivity index (χ2n) is 7.61. The van der Waals surface area contributed by atoms with E-state index in [1.807, 2.05) is 54.6 Å². The van der Waals surface area contributed by atoms with E-state index in [1.54, 1.807) is 12.1 Å². The van der Waals surface area contributed by atoms with Crippen molar-refractivity contribution in [2.24, 2.45) is 10.7 Å². The number of hydrogen-bond acceptors (Lipinski definition) is 4. The molecule has 0 aliphatic carbocycles. The molecule has 7 heteroatoms. The average molecular weight is 430 g/mol. The van der Waals surface area contributed by atoms with Gasteiger partial charge in [-0.3, -0.25) is 9.59 Å². The van der Waals surface area contributed by atoms with Crippen LogP contribution in [0.2, 0.25) is 0 Å². The lowest BCUT2D eigenvalue weighted by Crippen LogP contribution is -2.50. The normalized spacial score (nSPS) is 16.6. The molecule has 162 valence electrons. The summed E-state index contributed by atoms with van der Waals surface area (Å²) in [5.41, 5.74) is 9.08. The number of benzene rings is 3. The number of carbonyl (C=O) groups excluding carboxylic acids is 2. The summed E-state index contributed by atoms with van der Waals surface area (Å²) in [7, 11) is 0. The van der Waals surface area contributed by atoms with Gasteiger partial charge in [0.2, 0.25) is 12.1 Å². The van der Waals surface area contributed by atoms with Gasteiger partial charge in [-0.1, -0.05) is 60.7 Å². The standard InChI is InChI=1S/C25H23FN4O2/c1-16(27)24(31)29-23-25(32)30(15-17-8-7-11-19(26)14-17)21-13-6-5-12-20(21)22(28-23)18-9-3-2-4-10-18/h2-14,16,23H,15,27H2,1H3,(H,29,31)/t16-,23?/m0/s1. The molecule has 1 aliphatic heterocycles. The Morgan fingerprint density at radius 1 is 1.09 bits per heavy atom. The smallest absolute Gasteiger partial charge is 0.272 e. The van der Waals surface area contributed by atoms with Crippen LogP contribution in [-0.2, 0) is 16.1 Å². The minimum atomic E-state index is -1.18. The zero-order chi connectivity index (χ0) is 22.7. The highest BCUT2D eigenvalue weighted by Crippen LogP contribution is 2.29. The molecule has 1 unspecified atom stereocenters. The van der Waals surface area contributed by atoms with Gasteiger partial charge in [0.1, 0.15) is 5.82 Å². The van der Waals surface area contributed by atoms with Gasteiger partial charge in [-0.05, 0) is 30.7 Å². The summed E-state index contributed by atoms with van der Waals surface area (Å²) < 4.78 is 13.8. The number of amides is 2. The number of nitrogens with two attached hydrogens (primary N) is 1. The molecule has 0 saturated heterocycles. The van der Waals surface area contributed by atoms with Crippen molar-refractivity contribution >= 4 is 23.2 Å². The van der Waals surface area contributed by atoms with E-state index in [-0.39, 0.29) is 12.4 Å². The van der Waals surface area contributed by atoms with Gasteiger partial charge in [-0.15, -0.1) is 0 Å². The van der Waals surface area contributed by atoms with E-state index in [2.05, 4.69) is 10.3 Å². The molecule has 0 radical (unpaired) electrons. The molecule has 32 heavy (non-hydrogen) atoms. The SMILES string of the molecule is C[C@H](N)C(=O)NC1N=C(c2ccccc2)c2ccccc2N(Cc2cccc(F)c2)C1=O. The third-order valence-corrected chi connectivity index (χ3v) is 5.18. The monoisotopic (exact) mass is 430 g/mol. The van der Waals surface area contributed by atoms with Crippen LogP contribution in [0.5, 0.6) is 0 Å². The highest BCUT2D eigenvalue weighted by Gasteiger charge is 2.33. The predicted molar refractivity (Wildman–Crippen MR) is 122 cm³/mol. The van der Waals surface area contributed by atoms with Crippen LogP contribution in [0, 0.1) is 5.82 Å². The first-order valence-corrected chi connectivity index (χ1v) is 10.3. The number of nitrogens with one attached hydrogen (secondary N) is 1. The zero-order valence-electron chi connectivity index (χ0n) is 17.5. The number of halogens is 1. The van der Waals surface area contributed by atoms with E-state index in [0.717, 1.165) is 11.1 Å². The molecule has 6 nitrogen and oxygen atoms in total. The van der Waals surface area contributed by atoms with Gasteiger partial charge in [0, 0.05) is 11.1 Å². The lowest BCUT2D eigenvalue weighted by Gasteiger charge is -2.26. The Balaban J connectivity index is 1.85. The maximum Gasteiger partial charge on any atom is 0.272 e. The number of nitrogens with zero attached hydrogens (tertiary/aromatic N) is 2. The van der Waals surface area contributed by atoms with Crippen molar-refractivity contribution in [3.05, 3.63) is 101 Å². The summed E-state index contributed by atoms with van der Waals surface area (Å²) in [4.78, 5) is 32.2. The van der Waals surface area contributed by atoms with Gasteiger partial charge in [-0.2, -0.15) is 0 Å². The van der Waals surface area contributed by atoms with E-state index >= 15 is 0 Å². The molecule has 0 spiro atoms. The first-order chi connectivity index (χ1) is 15.4. The van der Waals surface area contributed by atoms with Gasteiger partial charge in [0.15, 0.2) is 0 Å². The zero-order valence-corrected chi connectivity index (χ0v) is 17.5. The number of para-hydroxylation sites is 1. The molecule has 0 bridgehead atoms. The fraction of sp³-hybridized carbons (Fsp3) is 0.160. The summed E-state index contributed by atoms with van der Waals surface area (Å²) >= 11 is 0. The van der Waals surface area contributed by atoms with Gasteiger partial charge in [0.25, 0.3) is 5.91 Å². The molecule has 2 amide bonds. The average Bonchev–Trinajstić information content (AvgIpc) is 2.90. The quantitative estimate of drug-likeness (QED) is 0.652. The maximum atomic E-state index is 13.8. The highest BCUT2D eigenvalue weighted by molar-refractivity contribution is 6.20. The van der Waals surface area contributed by atoms with Crippen LogP contribution in [0.4, 0.5) is 10.1 Å². The number of fused-ring (bicyclic) bond motifs is 1. The van der Waals surface area contributed by atoms with E-state index in [4.69, 9.17) is 5.73 Å². The van der Waals surface area contributed by atoms with Crippen LogP contribution >= 0.6 is 0 Å². The fourth-order valence-corrected chi connectivity index (χ4v) is 3.60. The molecule has 3 aromatic rings. The van der Waals surface area contributed by atoms with Crippen molar-refractivity contribution in [3.8, 4) is 0 Å². The van der Waals surface area contributed by atoms with Crippen LogP contribution < -0.4 is 16.0 Å². The van der Waals surface area contributed by atoms with Crippen molar-refractivity contribution in [1.29, 1.82) is 0 Å². The van der Waals surface area contributed by atoms with E-state index in [1.165, 1.54) is 24.0 Å². The van der Waals surface area contributed by atoms with E-state index in [9.17, 15) is 14.0 Å². The number of carbonyl (C=O) groups is 2. The minimum Gasteiger partial charge on any atom is -0.325 e. The molecule has 1 heterocycles. The second kappa shape index (κ2) is 9.11. The maximum absolute atomic E-state index is 13.8. The first-order valence-electron chi connectivity index (χ1n) is 10.3. The number of hydrogen-bond donors (Lipinski definition) is 2. The number of rotatable bonds is 5. The molecule has 3 N–H and O–H groups in total. The molecule has 0 saturated carbocycles. The molecular weight excluding hydrogens is 407 g/mol. The Labute approximate surface area is 185 Å². The molecule has 4 rings (SSSR count). The molecule has 2 atom stereocenters. The number of benzodiazepines with no additional fused rings is 1. The Morgan fingerprint density at radius 2 is 1.81 bits per heavy atom. The van der Waals surface area contributed by atoms with Crippen LogP contribution in [-0.4, -0.2) is 29.7 Å². The summed E-state index contributed by atoms with van der Waals surface area (Å²) in [6.45, 7) is 1.66. The second-order valence-corrected chi connectivity index (χ2v) is 7.61.